The van der Waals surface area contributed by atoms with E-state index in [4.69, 9.17) is 0 Å². The molecule has 0 aliphatic heterocycles. The van der Waals surface area contributed by atoms with Crippen LogP contribution in [0.1, 0.15) is 15.9 Å². The third-order valence-corrected chi connectivity index (χ3v) is 4.67. The highest BCUT2D eigenvalue weighted by Crippen LogP contribution is 2.10. The van der Waals surface area contributed by atoms with Gasteiger partial charge >= 0.3 is 0 Å². The van der Waals surface area contributed by atoms with Crippen LogP contribution in [0.25, 0.3) is 0 Å². The van der Waals surface area contributed by atoms with Crippen molar-refractivity contribution in [3.05, 3.63) is 65.7 Å². The Hall–Kier alpha value is -2.18. The fraction of sp³-hybridized carbons (Fsp3) is 0.188. The molecule has 2 N–H and O–H groups in total. The standard InChI is InChI=1S/C16H18N2O3S/c1-17-22(20,21)15-9-7-14(8-10-15)16(19)18-12-11-13-5-3-2-4-6-13/h2-10,17H,11-12H2,1H3,(H,18,19). The van der Waals surface area contributed by atoms with Crippen LogP contribution < -0.4 is 10.0 Å². The number of amides is 1. The van der Waals surface area contributed by atoms with Crippen LogP contribution in [0.5, 0.6) is 0 Å². The number of nitrogens with one attached hydrogen (secondary N) is 2. The summed E-state index contributed by atoms with van der Waals surface area (Å²) in [5.41, 5.74) is 1.58. The number of carbonyl (C=O) groups excluding carboxylic acids is 1. The van der Waals surface area contributed by atoms with Gasteiger partial charge in [0.05, 0.1) is 4.90 Å². The van der Waals surface area contributed by atoms with Gasteiger partial charge in [0.2, 0.25) is 10.0 Å². The molecule has 1 amide bonds. The van der Waals surface area contributed by atoms with Gasteiger partial charge in [-0.1, -0.05) is 30.3 Å². The molecule has 0 radical (unpaired) electrons. The van der Waals surface area contributed by atoms with E-state index < -0.39 is 10.0 Å². The first-order valence-corrected chi connectivity index (χ1v) is 8.37. The van der Waals surface area contributed by atoms with Crippen LogP contribution in [0.15, 0.2) is 59.5 Å². The van der Waals surface area contributed by atoms with Gasteiger partial charge < -0.3 is 5.32 Å². The quantitative estimate of drug-likeness (QED) is 0.849. The van der Waals surface area contributed by atoms with Gasteiger partial charge in [-0.15, -0.1) is 0 Å². The van der Waals surface area contributed by atoms with E-state index in [1.807, 2.05) is 30.3 Å². The predicted octanol–water partition coefficient (Wildman–Crippen LogP) is 1.57. The van der Waals surface area contributed by atoms with Crippen molar-refractivity contribution >= 4 is 15.9 Å². The Morgan fingerprint density at radius 3 is 2.23 bits per heavy atom. The first kappa shape index (κ1) is 16.2. The molecule has 0 aromatic heterocycles. The zero-order chi connectivity index (χ0) is 16.0. The minimum absolute atomic E-state index is 0.135. The van der Waals surface area contributed by atoms with Crippen molar-refractivity contribution in [1.82, 2.24) is 10.0 Å². The summed E-state index contributed by atoms with van der Waals surface area (Å²) in [7, 11) is -2.13. The number of hydrogen-bond acceptors (Lipinski definition) is 3. The van der Waals surface area contributed by atoms with Crippen LogP contribution in [0.4, 0.5) is 0 Å². The molecule has 0 fully saturated rings. The van der Waals surface area contributed by atoms with E-state index in [2.05, 4.69) is 10.0 Å². The first-order valence-electron chi connectivity index (χ1n) is 6.88. The molecule has 6 heteroatoms. The van der Waals surface area contributed by atoms with Crippen LogP contribution in [0, 0.1) is 0 Å². The molecule has 0 saturated heterocycles. The fourth-order valence-electron chi connectivity index (χ4n) is 1.97. The smallest absolute Gasteiger partial charge is 0.251 e. The van der Waals surface area contributed by atoms with Crippen molar-refractivity contribution in [2.24, 2.45) is 0 Å². The Kier molecular flexibility index (Phi) is 5.30. The van der Waals surface area contributed by atoms with Gasteiger partial charge in [0, 0.05) is 12.1 Å². The Morgan fingerprint density at radius 2 is 1.64 bits per heavy atom. The van der Waals surface area contributed by atoms with Crippen molar-refractivity contribution < 1.29 is 13.2 Å². The highest BCUT2D eigenvalue weighted by molar-refractivity contribution is 7.89. The lowest BCUT2D eigenvalue weighted by molar-refractivity contribution is 0.0954. The van der Waals surface area contributed by atoms with Crippen LogP contribution in [-0.4, -0.2) is 27.9 Å². The van der Waals surface area contributed by atoms with E-state index in [1.165, 1.54) is 31.3 Å². The molecule has 116 valence electrons. The Balaban J connectivity index is 1.93. The van der Waals surface area contributed by atoms with Gasteiger partial charge in [-0.3, -0.25) is 4.79 Å². The number of rotatable bonds is 6. The van der Waals surface area contributed by atoms with E-state index >= 15 is 0 Å². The van der Waals surface area contributed by atoms with E-state index in [0.717, 1.165) is 12.0 Å². The van der Waals surface area contributed by atoms with Crippen LogP contribution in [0.3, 0.4) is 0 Å². The monoisotopic (exact) mass is 318 g/mol. The van der Waals surface area contributed by atoms with Gasteiger partial charge in [0.25, 0.3) is 5.91 Å². The average Bonchev–Trinajstić information content (AvgIpc) is 2.56. The number of benzene rings is 2. The molecule has 2 aromatic carbocycles. The molecule has 2 rings (SSSR count). The maximum atomic E-state index is 12.0. The van der Waals surface area contributed by atoms with E-state index in [9.17, 15) is 13.2 Å². The van der Waals surface area contributed by atoms with Crippen molar-refractivity contribution in [3.63, 3.8) is 0 Å². The van der Waals surface area contributed by atoms with Crippen molar-refractivity contribution in [3.8, 4) is 0 Å². The number of hydrogen-bond donors (Lipinski definition) is 2. The zero-order valence-electron chi connectivity index (χ0n) is 12.2. The van der Waals surface area contributed by atoms with E-state index in [-0.39, 0.29) is 10.8 Å². The SMILES string of the molecule is CNS(=O)(=O)c1ccc(C(=O)NCCc2ccccc2)cc1. The molecule has 22 heavy (non-hydrogen) atoms. The van der Waals surface area contributed by atoms with Gasteiger partial charge in [-0.2, -0.15) is 0 Å². The Labute approximate surface area is 130 Å². The third kappa shape index (κ3) is 4.16. The summed E-state index contributed by atoms with van der Waals surface area (Å²) < 4.78 is 25.4. The normalized spacial score (nSPS) is 11.1. The molecule has 0 saturated carbocycles. The molecule has 0 atom stereocenters. The minimum Gasteiger partial charge on any atom is -0.352 e. The molecule has 0 unspecified atom stereocenters. The van der Waals surface area contributed by atoms with Crippen molar-refractivity contribution in [2.45, 2.75) is 11.3 Å². The van der Waals surface area contributed by atoms with Gasteiger partial charge in [-0.05, 0) is 43.3 Å². The first-order chi connectivity index (χ1) is 10.5. The summed E-state index contributed by atoms with van der Waals surface area (Å²) in [6, 6.07) is 15.7. The number of carbonyl (C=O) groups is 1. The van der Waals surface area contributed by atoms with Gasteiger partial charge in [0.15, 0.2) is 0 Å². The fourth-order valence-corrected chi connectivity index (χ4v) is 2.70. The summed E-state index contributed by atoms with van der Waals surface area (Å²) in [4.78, 5) is 12.1. The third-order valence-electron chi connectivity index (χ3n) is 3.24. The molecular weight excluding hydrogens is 300 g/mol. The second kappa shape index (κ2) is 7.20. The zero-order valence-corrected chi connectivity index (χ0v) is 13.1. The summed E-state index contributed by atoms with van der Waals surface area (Å²) in [5, 5.41) is 2.82. The van der Waals surface area contributed by atoms with Crippen LogP contribution >= 0.6 is 0 Å². The largest absolute Gasteiger partial charge is 0.352 e. The molecule has 0 bridgehead atoms. The maximum Gasteiger partial charge on any atom is 0.251 e. The predicted molar refractivity (Wildman–Crippen MR) is 85.2 cm³/mol. The van der Waals surface area contributed by atoms with E-state index in [0.29, 0.717) is 12.1 Å². The minimum atomic E-state index is -3.48. The molecule has 0 aliphatic carbocycles. The Morgan fingerprint density at radius 1 is 1.00 bits per heavy atom. The summed E-state index contributed by atoms with van der Waals surface area (Å²) in [5.74, 6) is -0.218. The second-order valence-corrected chi connectivity index (χ2v) is 6.61. The van der Waals surface area contributed by atoms with E-state index in [1.54, 1.807) is 0 Å². The van der Waals surface area contributed by atoms with Gasteiger partial charge in [0.1, 0.15) is 0 Å². The summed E-state index contributed by atoms with van der Waals surface area (Å²) in [6.45, 7) is 0.527. The maximum absolute atomic E-state index is 12.0. The lowest BCUT2D eigenvalue weighted by Crippen LogP contribution is -2.25. The Bertz CT molecular complexity index is 726. The highest BCUT2D eigenvalue weighted by Gasteiger charge is 2.12. The van der Waals surface area contributed by atoms with Gasteiger partial charge in [-0.25, -0.2) is 13.1 Å². The van der Waals surface area contributed by atoms with Crippen molar-refractivity contribution in [2.75, 3.05) is 13.6 Å². The van der Waals surface area contributed by atoms with Crippen LogP contribution in [-0.2, 0) is 16.4 Å². The summed E-state index contributed by atoms with van der Waals surface area (Å²) >= 11 is 0. The number of sulfonamides is 1. The molecular formula is C16H18N2O3S. The summed E-state index contributed by atoms with van der Waals surface area (Å²) in [6.07, 6.45) is 0.749. The highest BCUT2D eigenvalue weighted by atomic mass is 32.2. The lowest BCUT2D eigenvalue weighted by atomic mass is 10.1. The molecule has 5 nitrogen and oxygen atoms in total. The average molecular weight is 318 g/mol. The molecule has 0 aliphatic rings. The molecule has 0 heterocycles. The molecule has 0 spiro atoms. The lowest BCUT2D eigenvalue weighted by Gasteiger charge is -2.07. The van der Waals surface area contributed by atoms with Crippen molar-refractivity contribution in [1.29, 1.82) is 0 Å². The topological polar surface area (TPSA) is 75.3 Å². The molecule has 2 aromatic rings. The second-order valence-electron chi connectivity index (χ2n) is 4.72. The van der Waals surface area contributed by atoms with Crippen LogP contribution in [0.2, 0.25) is 0 Å².